The van der Waals surface area contributed by atoms with E-state index >= 15 is 0 Å². The Morgan fingerprint density at radius 2 is 1.43 bits per heavy atom. The van der Waals surface area contributed by atoms with Crippen molar-refractivity contribution < 1.29 is 0 Å². The van der Waals surface area contributed by atoms with Crippen LogP contribution in [0.1, 0.15) is 5.56 Å². The molecule has 0 saturated heterocycles. The molecule has 0 amide bonds. The molecule has 0 fully saturated rings. The summed E-state index contributed by atoms with van der Waals surface area (Å²) < 4.78 is 0. The van der Waals surface area contributed by atoms with Gasteiger partial charge in [-0.3, -0.25) is 0 Å². The molecular weight excluding hydrogens is 256 g/mol. The highest BCUT2D eigenvalue weighted by atomic mass is 14.9. The molecule has 2 nitrogen and oxygen atoms in total. The number of anilines is 3. The summed E-state index contributed by atoms with van der Waals surface area (Å²) in [7, 11) is 0. The van der Waals surface area contributed by atoms with E-state index in [1.807, 2.05) is 48.5 Å². The molecule has 103 valence electrons. The van der Waals surface area contributed by atoms with Crippen molar-refractivity contribution in [3.63, 3.8) is 0 Å². The molecule has 21 heavy (non-hydrogen) atoms. The summed E-state index contributed by atoms with van der Waals surface area (Å²) in [5.74, 6) is 0. The van der Waals surface area contributed by atoms with Gasteiger partial charge in [-0.05, 0) is 42.0 Å². The normalized spacial score (nSPS) is 10.1. The number of hydrogen-bond donors (Lipinski definition) is 2. The molecule has 0 aliphatic carbocycles. The van der Waals surface area contributed by atoms with Gasteiger partial charge in [0.1, 0.15) is 0 Å². The van der Waals surface area contributed by atoms with Crippen molar-refractivity contribution in [2.75, 3.05) is 10.6 Å². The fourth-order valence-corrected chi connectivity index (χ4v) is 2.18. The zero-order valence-electron chi connectivity index (χ0n) is 11.7. The first kappa shape index (κ1) is 13.3. The van der Waals surface area contributed by atoms with E-state index in [4.69, 9.17) is 0 Å². The minimum Gasteiger partial charge on any atom is -0.381 e. The van der Waals surface area contributed by atoms with Crippen LogP contribution in [0, 0.1) is 6.07 Å². The Labute approximate surface area is 125 Å². The van der Waals surface area contributed by atoms with Gasteiger partial charge in [-0.2, -0.15) is 0 Å². The molecule has 3 aromatic rings. The Bertz CT molecular complexity index is 678. The summed E-state index contributed by atoms with van der Waals surface area (Å²) in [5.41, 5.74) is 4.55. The molecule has 2 N–H and O–H groups in total. The predicted molar refractivity (Wildman–Crippen MR) is 88.8 cm³/mol. The van der Waals surface area contributed by atoms with Gasteiger partial charge in [0.15, 0.2) is 0 Å². The summed E-state index contributed by atoms with van der Waals surface area (Å²) >= 11 is 0. The van der Waals surface area contributed by atoms with Crippen LogP contribution < -0.4 is 10.6 Å². The summed E-state index contributed by atoms with van der Waals surface area (Å²) in [6.45, 7) is 0.784. The van der Waals surface area contributed by atoms with Crippen LogP contribution in [0.15, 0.2) is 78.9 Å². The topological polar surface area (TPSA) is 24.1 Å². The van der Waals surface area contributed by atoms with E-state index in [1.54, 1.807) is 0 Å². The number of hydrogen-bond acceptors (Lipinski definition) is 2. The number of benzene rings is 3. The first-order valence-corrected chi connectivity index (χ1v) is 7.02. The lowest BCUT2D eigenvalue weighted by Gasteiger charge is -2.13. The molecule has 3 rings (SSSR count). The molecular formula is C19H17N2. The zero-order valence-corrected chi connectivity index (χ0v) is 11.7. The highest BCUT2D eigenvalue weighted by Gasteiger charge is 2.02. The van der Waals surface area contributed by atoms with Crippen molar-refractivity contribution in [1.29, 1.82) is 0 Å². The van der Waals surface area contributed by atoms with Crippen molar-refractivity contribution in [2.24, 2.45) is 0 Å². The maximum absolute atomic E-state index is 3.45. The molecule has 0 spiro atoms. The van der Waals surface area contributed by atoms with Gasteiger partial charge in [0, 0.05) is 23.6 Å². The monoisotopic (exact) mass is 273 g/mol. The molecule has 0 unspecified atom stereocenters. The Balaban J connectivity index is 1.73. The SMILES string of the molecule is [c]1ccc(Nc2ccccc2CNc2ccccc2)cc1. The number of para-hydroxylation sites is 2. The Kier molecular flexibility index (Phi) is 4.18. The molecule has 0 aromatic heterocycles. The first-order valence-electron chi connectivity index (χ1n) is 7.02. The van der Waals surface area contributed by atoms with Crippen molar-refractivity contribution in [3.05, 3.63) is 90.5 Å². The van der Waals surface area contributed by atoms with Gasteiger partial charge in [0.05, 0.1) is 0 Å². The van der Waals surface area contributed by atoms with Crippen LogP contribution in [0.25, 0.3) is 0 Å². The third-order valence-corrected chi connectivity index (χ3v) is 3.27. The summed E-state index contributed by atoms with van der Waals surface area (Å²) in [6.07, 6.45) is 0. The average Bonchev–Trinajstić information content (AvgIpc) is 2.56. The number of nitrogens with one attached hydrogen (secondary N) is 2. The van der Waals surface area contributed by atoms with Gasteiger partial charge in [-0.25, -0.2) is 0 Å². The van der Waals surface area contributed by atoms with E-state index in [0.29, 0.717) is 0 Å². The summed E-state index contributed by atoms with van der Waals surface area (Å²) in [4.78, 5) is 0. The highest BCUT2D eigenvalue weighted by molar-refractivity contribution is 5.63. The maximum atomic E-state index is 3.45. The Morgan fingerprint density at radius 1 is 0.714 bits per heavy atom. The Hall–Kier alpha value is -2.74. The van der Waals surface area contributed by atoms with Crippen molar-refractivity contribution in [2.45, 2.75) is 6.54 Å². The van der Waals surface area contributed by atoms with Crippen molar-refractivity contribution in [1.82, 2.24) is 0 Å². The maximum Gasteiger partial charge on any atom is 0.0434 e. The molecule has 0 saturated carbocycles. The standard InChI is InChI=1S/C19H17N2/c1-3-10-17(11-4-1)20-15-16-9-7-8-14-19(16)21-18-12-5-2-6-13-18/h1,3-14,20-21H,15H2. The van der Waals surface area contributed by atoms with Crippen molar-refractivity contribution in [3.8, 4) is 0 Å². The molecule has 0 aliphatic heterocycles. The quantitative estimate of drug-likeness (QED) is 0.695. The Morgan fingerprint density at radius 3 is 2.24 bits per heavy atom. The smallest absolute Gasteiger partial charge is 0.0434 e. The van der Waals surface area contributed by atoms with Crippen LogP contribution in [0.3, 0.4) is 0 Å². The lowest BCUT2D eigenvalue weighted by molar-refractivity contribution is 1.15. The van der Waals surface area contributed by atoms with Gasteiger partial charge in [0.25, 0.3) is 0 Å². The second kappa shape index (κ2) is 6.62. The van der Waals surface area contributed by atoms with E-state index in [-0.39, 0.29) is 0 Å². The van der Waals surface area contributed by atoms with E-state index in [9.17, 15) is 0 Å². The minimum absolute atomic E-state index is 0.784. The average molecular weight is 273 g/mol. The third-order valence-electron chi connectivity index (χ3n) is 3.27. The van der Waals surface area contributed by atoms with Gasteiger partial charge < -0.3 is 10.6 Å². The lowest BCUT2D eigenvalue weighted by atomic mass is 10.1. The van der Waals surface area contributed by atoms with Crippen LogP contribution in [0.4, 0.5) is 17.1 Å². The van der Waals surface area contributed by atoms with Gasteiger partial charge in [-0.1, -0.05) is 48.5 Å². The zero-order chi connectivity index (χ0) is 14.3. The second-order valence-electron chi connectivity index (χ2n) is 4.79. The van der Waals surface area contributed by atoms with E-state index in [1.165, 1.54) is 5.56 Å². The predicted octanol–water partition coefficient (Wildman–Crippen LogP) is 4.84. The first-order chi connectivity index (χ1) is 10.4. The van der Waals surface area contributed by atoms with Crippen LogP contribution in [-0.2, 0) is 6.54 Å². The van der Waals surface area contributed by atoms with Crippen LogP contribution in [0.2, 0.25) is 0 Å². The highest BCUT2D eigenvalue weighted by Crippen LogP contribution is 2.21. The van der Waals surface area contributed by atoms with Crippen LogP contribution >= 0.6 is 0 Å². The molecule has 0 heterocycles. The summed E-state index contributed by atoms with van der Waals surface area (Å²) in [5, 5.41) is 6.89. The largest absolute Gasteiger partial charge is 0.381 e. The van der Waals surface area contributed by atoms with E-state index < -0.39 is 0 Å². The fraction of sp³-hybridized carbons (Fsp3) is 0.0526. The van der Waals surface area contributed by atoms with Crippen LogP contribution in [-0.4, -0.2) is 0 Å². The van der Waals surface area contributed by atoms with Crippen LogP contribution in [0.5, 0.6) is 0 Å². The van der Waals surface area contributed by atoms with E-state index in [0.717, 1.165) is 23.6 Å². The third kappa shape index (κ3) is 3.63. The minimum atomic E-state index is 0.784. The van der Waals surface area contributed by atoms with Gasteiger partial charge >= 0.3 is 0 Å². The molecule has 0 bridgehead atoms. The summed E-state index contributed by atoms with van der Waals surface area (Å²) in [6, 6.07) is 29.4. The van der Waals surface area contributed by atoms with E-state index in [2.05, 4.69) is 47.0 Å². The molecule has 0 aliphatic rings. The van der Waals surface area contributed by atoms with Gasteiger partial charge in [0.2, 0.25) is 0 Å². The molecule has 2 heteroatoms. The lowest BCUT2D eigenvalue weighted by Crippen LogP contribution is -2.02. The number of rotatable bonds is 5. The second-order valence-corrected chi connectivity index (χ2v) is 4.79. The molecule has 0 atom stereocenters. The molecule has 1 radical (unpaired) electrons. The van der Waals surface area contributed by atoms with Crippen molar-refractivity contribution >= 4 is 17.1 Å². The molecule has 3 aromatic carbocycles. The fourth-order valence-electron chi connectivity index (χ4n) is 2.18. The van der Waals surface area contributed by atoms with Gasteiger partial charge in [-0.15, -0.1) is 0 Å².